The van der Waals surface area contributed by atoms with Crippen LogP contribution in [0.4, 0.5) is 0 Å². The molecule has 21 heavy (non-hydrogen) atoms. The van der Waals surface area contributed by atoms with Crippen LogP contribution in [0.3, 0.4) is 0 Å². The van der Waals surface area contributed by atoms with Crippen molar-refractivity contribution in [2.24, 2.45) is 0 Å². The van der Waals surface area contributed by atoms with Crippen molar-refractivity contribution in [1.82, 2.24) is 14.2 Å². The van der Waals surface area contributed by atoms with Gasteiger partial charge in [0.1, 0.15) is 0 Å². The number of hydrogen-bond donors (Lipinski definition) is 0. The first kappa shape index (κ1) is 16.7. The molecular formula is C14H22ClN3O2S. The zero-order chi connectivity index (χ0) is 15.1. The number of hydrogen-bond acceptors (Lipinski definition) is 4. The van der Waals surface area contributed by atoms with Gasteiger partial charge in [0.05, 0.1) is 5.75 Å². The molecule has 1 aliphatic rings. The Morgan fingerprint density at radius 3 is 2.62 bits per heavy atom. The molecule has 0 N–H and O–H groups in total. The molecule has 2 heterocycles. The lowest BCUT2D eigenvalue weighted by Crippen LogP contribution is -2.37. The van der Waals surface area contributed by atoms with Gasteiger partial charge in [-0.2, -0.15) is 0 Å². The number of alkyl halides is 1. The average molecular weight is 332 g/mol. The maximum Gasteiger partial charge on any atom is 0.214 e. The van der Waals surface area contributed by atoms with Crippen molar-refractivity contribution in [2.75, 3.05) is 44.4 Å². The molecule has 0 spiro atoms. The summed E-state index contributed by atoms with van der Waals surface area (Å²) in [5.74, 6) is 0.751. The minimum absolute atomic E-state index is 0.159. The number of sulfonamides is 1. The van der Waals surface area contributed by atoms with E-state index in [1.165, 1.54) is 0 Å². The molecule has 1 fully saturated rings. The summed E-state index contributed by atoms with van der Waals surface area (Å²) in [6.07, 6.45) is 4.79. The molecule has 0 saturated carbocycles. The third kappa shape index (κ3) is 5.21. The summed E-state index contributed by atoms with van der Waals surface area (Å²) >= 11 is 5.75. The zero-order valence-electron chi connectivity index (χ0n) is 12.1. The Kier molecular flexibility index (Phi) is 6.41. The molecule has 0 radical (unpaired) electrons. The smallest absolute Gasteiger partial charge is 0.214 e. The maximum absolute atomic E-state index is 12.4. The summed E-state index contributed by atoms with van der Waals surface area (Å²) in [5, 5.41) is 0. The van der Waals surface area contributed by atoms with E-state index in [-0.39, 0.29) is 5.75 Å². The third-order valence-corrected chi connectivity index (χ3v) is 5.78. The second kappa shape index (κ2) is 8.08. The van der Waals surface area contributed by atoms with Gasteiger partial charge in [-0.3, -0.25) is 4.98 Å². The van der Waals surface area contributed by atoms with Crippen LogP contribution in [0.25, 0.3) is 0 Å². The molecule has 0 aromatic carbocycles. The lowest BCUT2D eigenvalue weighted by atomic mass is 10.2. The van der Waals surface area contributed by atoms with Gasteiger partial charge in [-0.05, 0) is 37.1 Å². The minimum Gasteiger partial charge on any atom is -0.301 e. The number of rotatable bonds is 6. The van der Waals surface area contributed by atoms with E-state index in [0.717, 1.165) is 31.6 Å². The van der Waals surface area contributed by atoms with Crippen molar-refractivity contribution in [1.29, 1.82) is 0 Å². The lowest BCUT2D eigenvalue weighted by Gasteiger charge is -2.21. The third-order valence-electron chi connectivity index (χ3n) is 3.74. The van der Waals surface area contributed by atoms with E-state index in [1.807, 2.05) is 12.1 Å². The Morgan fingerprint density at radius 2 is 1.90 bits per heavy atom. The van der Waals surface area contributed by atoms with E-state index >= 15 is 0 Å². The monoisotopic (exact) mass is 331 g/mol. The summed E-state index contributed by atoms with van der Waals surface area (Å²) in [4.78, 5) is 6.17. The molecule has 118 valence electrons. The van der Waals surface area contributed by atoms with E-state index in [1.54, 1.807) is 16.7 Å². The van der Waals surface area contributed by atoms with Crippen molar-refractivity contribution < 1.29 is 8.42 Å². The van der Waals surface area contributed by atoms with E-state index in [9.17, 15) is 8.42 Å². The van der Waals surface area contributed by atoms with E-state index in [4.69, 9.17) is 11.6 Å². The standard InChI is InChI=1S/C14H22ClN3O2S/c15-5-10-17-8-1-9-18(12-11-17)21(19,20)13-4-14-2-6-16-7-3-14/h2-3,6-7H,1,4-5,8-13H2. The number of halogens is 1. The Morgan fingerprint density at radius 1 is 1.14 bits per heavy atom. The van der Waals surface area contributed by atoms with Gasteiger partial charge >= 0.3 is 0 Å². The van der Waals surface area contributed by atoms with Crippen LogP contribution in [0.1, 0.15) is 12.0 Å². The van der Waals surface area contributed by atoms with Gasteiger partial charge in [0.2, 0.25) is 10.0 Å². The Labute approximate surface area is 132 Å². The zero-order valence-corrected chi connectivity index (χ0v) is 13.7. The number of aryl methyl sites for hydroxylation is 1. The second-order valence-corrected chi connectivity index (χ2v) is 7.67. The molecule has 1 aromatic rings. The molecule has 0 unspecified atom stereocenters. The highest BCUT2D eigenvalue weighted by Gasteiger charge is 2.24. The molecule has 0 atom stereocenters. The molecule has 1 aromatic heterocycles. The molecular weight excluding hydrogens is 310 g/mol. The minimum atomic E-state index is -3.19. The van der Waals surface area contributed by atoms with Gasteiger partial charge in [-0.25, -0.2) is 12.7 Å². The van der Waals surface area contributed by atoms with Crippen LogP contribution in [0.15, 0.2) is 24.5 Å². The summed E-state index contributed by atoms with van der Waals surface area (Å²) in [6, 6.07) is 3.72. The van der Waals surface area contributed by atoms with Crippen molar-refractivity contribution in [3.05, 3.63) is 30.1 Å². The first-order chi connectivity index (χ1) is 10.1. The Balaban J connectivity index is 1.90. The largest absolute Gasteiger partial charge is 0.301 e. The van der Waals surface area contributed by atoms with Crippen molar-refractivity contribution in [2.45, 2.75) is 12.8 Å². The quantitative estimate of drug-likeness (QED) is 0.735. The molecule has 0 aliphatic carbocycles. The topological polar surface area (TPSA) is 53.5 Å². The number of aromatic nitrogens is 1. The Hall–Kier alpha value is -0.690. The molecule has 1 saturated heterocycles. The highest BCUT2D eigenvalue weighted by molar-refractivity contribution is 7.89. The SMILES string of the molecule is O=S(=O)(CCc1ccncc1)N1CCCN(CCCl)CC1. The molecule has 0 amide bonds. The molecule has 0 bridgehead atoms. The van der Waals surface area contributed by atoms with E-state index < -0.39 is 10.0 Å². The molecule has 2 rings (SSSR count). The van der Waals surface area contributed by atoms with Crippen LogP contribution in [-0.2, 0) is 16.4 Å². The first-order valence-electron chi connectivity index (χ1n) is 7.27. The van der Waals surface area contributed by atoms with Crippen molar-refractivity contribution in [3.63, 3.8) is 0 Å². The fourth-order valence-electron chi connectivity index (χ4n) is 2.49. The van der Waals surface area contributed by atoms with Gasteiger partial charge in [-0.1, -0.05) is 0 Å². The van der Waals surface area contributed by atoms with Crippen LogP contribution < -0.4 is 0 Å². The van der Waals surface area contributed by atoms with Crippen LogP contribution >= 0.6 is 11.6 Å². The molecule has 5 nitrogen and oxygen atoms in total. The lowest BCUT2D eigenvalue weighted by molar-refractivity contribution is 0.303. The predicted molar refractivity (Wildman–Crippen MR) is 85.1 cm³/mol. The fraction of sp³-hybridized carbons (Fsp3) is 0.643. The van der Waals surface area contributed by atoms with Crippen molar-refractivity contribution in [3.8, 4) is 0 Å². The number of pyridine rings is 1. The highest BCUT2D eigenvalue weighted by Crippen LogP contribution is 2.11. The fourth-order valence-corrected chi connectivity index (χ4v) is 4.25. The maximum atomic E-state index is 12.4. The van der Waals surface area contributed by atoms with Gasteiger partial charge in [-0.15, -0.1) is 11.6 Å². The van der Waals surface area contributed by atoms with Gasteiger partial charge in [0, 0.05) is 44.5 Å². The molecule has 1 aliphatic heterocycles. The first-order valence-corrected chi connectivity index (χ1v) is 9.41. The summed E-state index contributed by atoms with van der Waals surface area (Å²) in [7, 11) is -3.19. The average Bonchev–Trinajstić information content (AvgIpc) is 2.73. The predicted octanol–water partition coefficient (Wildman–Crippen LogP) is 1.20. The summed E-state index contributed by atoms with van der Waals surface area (Å²) in [6.45, 7) is 3.68. The van der Waals surface area contributed by atoms with Gasteiger partial charge in [0.25, 0.3) is 0 Å². The van der Waals surface area contributed by atoms with Crippen LogP contribution in [0, 0.1) is 0 Å². The summed E-state index contributed by atoms with van der Waals surface area (Å²) in [5.41, 5.74) is 1.01. The van der Waals surface area contributed by atoms with Gasteiger partial charge in [0.15, 0.2) is 0 Å². The van der Waals surface area contributed by atoms with Crippen LogP contribution in [0.2, 0.25) is 0 Å². The van der Waals surface area contributed by atoms with Crippen molar-refractivity contribution >= 4 is 21.6 Å². The van der Waals surface area contributed by atoms with E-state index in [0.29, 0.717) is 25.4 Å². The van der Waals surface area contributed by atoms with Crippen LogP contribution in [-0.4, -0.2) is 67.0 Å². The Bertz CT molecular complexity index is 524. The summed E-state index contributed by atoms with van der Waals surface area (Å²) < 4.78 is 26.5. The van der Waals surface area contributed by atoms with Crippen LogP contribution in [0.5, 0.6) is 0 Å². The highest BCUT2D eigenvalue weighted by atomic mass is 35.5. The second-order valence-electron chi connectivity index (χ2n) is 5.20. The normalized spacial score (nSPS) is 18.5. The van der Waals surface area contributed by atoms with Gasteiger partial charge < -0.3 is 4.90 Å². The molecule has 7 heteroatoms. The number of nitrogens with zero attached hydrogens (tertiary/aromatic N) is 3. The van der Waals surface area contributed by atoms with E-state index in [2.05, 4.69) is 9.88 Å².